The van der Waals surface area contributed by atoms with Gasteiger partial charge in [0.1, 0.15) is 5.75 Å². The highest BCUT2D eigenvalue weighted by Crippen LogP contribution is 2.23. The summed E-state index contributed by atoms with van der Waals surface area (Å²) >= 11 is 0. The molecule has 3 N–H and O–H groups in total. The summed E-state index contributed by atoms with van der Waals surface area (Å²) in [5, 5.41) is 0. The number of benzene rings is 1. The SMILES string of the molecule is CCOc1cccc(C(NN)c2cccc(C)n2)c1. The Kier molecular flexibility index (Phi) is 4.49. The third-order valence-electron chi connectivity index (χ3n) is 2.87. The van der Waals surface area contributed by atoms with Crippen LogP contribution in [0, 0.1) is 6.92 Å². The molecule has 1 unspecified atom stereocenters. The first-order valence-electron chi connectivity index (χ1n) is 6.37. The molecule has 2 aromatic rings. The zero-order chi connectivity index (χ0) is 13.7. The maximum absolute atomic E-state index is 5.68. The van der Waals surface area contributed by atoms with Crippen LogP contribution in [-0.4, -0.2) is 11.6 Å². The van der Waals surface area contributed by atoms with Gasteiger partial charge in [-0.25, -0.2) is 5.43 Å². The van der Waals surface area contributed by atoms with Crippen molar-refractivity contribution in [2.75, 3.05) is 6.61 Å². The molecule has 1 heterocycles. The molecule has 1 aromatic heterocycles. The number of hydrogen-bond acceptors (Lipinski definition) is 4. The summed E-state index contributed by atoms with van der Waals surface area (Å²) in [6.45, 7) is 4.58. The van der Waals surface area contributed by atoms with Gasteiger partial charge in [0.05, 0.1) is 18.3 Å². The lowest BCUT2D eigenvalue weighted by Crippen LogP contribution is -2.29. The minimum atomic E-state index is -0.139. The van der Waals surface area contributed by atoms with Crippen LogP contribution in [0.3, 0.4) is 0 Å². The first kappa shape index (κ1) is 13.5. The van der Waals surface area contributed by atoms with E-state index in [9.17, 15) is 0 Å². The van der Waals surface area contributed by atoms with Gasteiger partial charge in [0.15, 0.2) is 0 Å². The minimum Gasteiger partial charge on any atom is -0.494 e. The third-order valence-corrected chi connectivity index (χ3v) is 2.87. The molecule has 1 atom stereocenters. The monoisotopic (exact) mass is 257 g/mol. The van der Waals surface area contributed by atoms with Gasteiger partial charge in [0, 0.05) is 5.69 Å². The van der Waals surface area contributed by atoms with E-state index in [1.807, 2.05) is 56.3 Å². The summed E-state index contributed by atoms with van der Waals surface area (Å²) in [4.78, 5) is 4.51. The van der Waals surface area contributed by atoms with Gasteiger partial charge >= 0.3 is 0 Å². The number of nitrogens with two attached hydrogens (primary N) is 1. The Morgan fingerprint density at radius 1 is 1.26 bits per heavy atom. The Labute approximate surface area is 113 Å². The topological polar surface area (TPSA) is 60.2 Å². The number of hydrazine groups is 1. The second-order valence-electron chi connectivity index (χ2n) is 4.31. The number of aromatic nitrogens is 1. The molecule has 4 nitrogen and oxygen atoms in total. The van der Waals surface area contributed by atoms with E-state index in [2.05, 4.69) is 10.4 Å². The zero-order valence-electron chi connectivity index (χ0n) is 11.3. The molecule has 100 valence electrons. The van der Waals surface area contributed by atoms with Crippen molar-refractivity contribution in [3.05, 3.63) is 59.4 Å². The molecule has 19 heavy (non-hydrogen) atoms. The highest BCUT2D eigenvalue weighted by Gasteiger charge is 2.14. The largest absolute Gasteiger partial charge is 0.494 e. The summed E-state index contributed by atoms with van der Waals surface area (Å²) in [6.07, 6.45) is 0. The second kappa shape index (κ2) is 6.31. The van der Waals surface area contributed by atoms with Gasteiger partial charge in [-0.1, -0.05) is 18.2 Å². The minimum absolute atomic E-state index is 0.139. The molecule has 0 radical (unpaired) electrons. The quantitative estimate of drug-likeness (QED) is 0.637. The molecule has 0 aliphatic rings. The number of nitrogens with zero attached hydrogens (tertiary/aromatic N) is 1. The van der Waals surface area contributed by atoms with Crippen LogP contribution >= 0.6 is 0 Å². The summed E-state index contributed by atoms with van der Waals surface area (Å²) < 4.78 is 5.51. The highest BCUT2D eigenvalue weighted by atomic mass is 16.5. The average Bonchev–Trinajstić information content (AvgIpc) is 2.41. The van der Waals surface area contributed by atoms with Gasteiger partial charge in [0.2, 0.25) is 0 Å². The molecule has 0 aliphatic heterocycles. The van der Waals surface area contributed by atoms with Gasteiger partial charge < -0.3 is 4.74 Å². The molecule has 2 rings (SSSR count). The van der Waals surface area contributed by atoms with Crippen molar-refractivity contribution >= 4 is 0 Å². The fourth-order valence-corrected chi connectivity index (χ4v) is 2.03. The molecular formula is C15H19N3O. The molecular weight excluding hydrogens is 238 g/mol. The predicted octanol–water partition coefficient (Wildman–Crippen LogP) is 2.34. The van der Waals surface area contributed by atoms with E-state index >= 15 is 0 Å². The van der Waals surface area contributed by atoms with Crippen LogP contribution in [0.25, 0.3) is 0 Å². The molecule has 4 heteroatoms. The molecule has 0 saturated carbocycles. The molecule has 0 bridgehead atoms. The van der Waals surface area contributed by atoms with Gasteiger partial charge in [-0.05, 0) is 43.7 Å². The van der Waals surface area contributed by atoms with E-state index < -0.39 is 0 Å². The normalized spacial score (nSPS) is 12.2. The van der Waals surface area contributed by atoms with Crippen LogP contribution in [0.15, 0.2) is 42.5 Å². The lowest BCUT2D eigenvalue weighted by molar-refractivity contribution is 0.339. The van der Waals surface area contributed by atoms with E-state index in [0.717, 1.165) is 22.7 Å². The first-order chi connectivity index (χ1) is 9.24. The molecule has 1 aromatic carbocycles. The fraction of sp³-hybridized carbons (Fsp3) is 0.267. The maximum atomic E-state index is 5.68. The van der Waals surface area contributed by atoms with Crippen LogP contribution in [0.2, 0.25) is 0 Å². The van der Waals surface area contributed by atoms with Crippen molar-refractivity contribution in [3.63, 3.8) is 0 Å². The van der Waals surface area contributed by atoms with Crippen LogP contribution in [-0.2, 0) is 0 Å². The first-order valence-corrected chi connectivity index (χ1v) is 6.37. The van der Waals surface area contributed by atoms with Gasteiger partial charge in [-0.15, -0.1) is 0 Å². The van der Waals surface area contributed by atoms with Crippen molar-refractivity contribution in [1.82, 2.24) is 10.4 Å². The van der Waals surface area contributed by atoms with Crippen LogP contribution in [0.4, 0.5) is 0 Å². The Bertz CT molecular complexity index is 542. The Morgan fingerprint density at radius 3 is 2.74 bits per heavy atom. The highest BCUT2D eigenvalue weighted by molar-refractivity contribution is 5.34. The average molecular weight is 257 g/mol. The summed E-state index contributed by atoms with van der Waals surface area (Å²) in [6, 6.07) is 13.7. The number of aryl methyl sites for hydroxylation is 1. The number of nitrogens with one attached hydrogen (secondary N) is 1. The maximum Gasteiger partial charge on any atom is 0.119 e. The van der Waals surface area contributed by atoms with Crippen molar-refractivity contribution in [1.29, 1.82) is 0 Å². The second-order valence-corrected chi connectivity index (χ2v) is 4.31. The Balaban J connectivity index is 2.33. The van der Waals surface area contributed by atoms with Crippen molar-refractivity contribution in [2.24, 2.45) is 5.84 Å². The zero-order valence-corrected chi connectivity index (χ0v) is 11.3. The number of rotatable bonds is 5. The van der Waals surface area contributed by atoms with E-state index in [0.29, 0.717) is 6.61 Å². The predicted molar refractivity (Wildman–Crippen MR) is 75.8 cm³/mol. The molecule has 0 spiro atoms. The lowest BCUT2D eigenvalue weighted by Gasteiger charge is -2.17. The van der Waals surface area contributed by atoms with Crippen molar-refractivity contribution in [3.8, 4) is 5.75 Å². The molecule has 0 amide bonds. The number of hydrogen-bond donors (Lipinski definition) is 2. The Morgan fingerprint density at radius 2 is 2.05 bits per heavy atom. The molecule has 0 saturated heterocycles. The van der Waals surface area contributed by atoms with Gasteiger partial charge in [-0.3, -0.25) is 10.8 Å². The van der Waals surface area contributed by atoms with Crippen LogP contribution in [0.5, 0.6) is 5.75 Å². The molecule has 0 aliphatic carbocycles. The summed E-state index contributed by atoms with van der Waals surface area (Å²) in [5.74, 6) is 6.52. The van der Waals surface area contributed by atoms with Gasteiger partial charge in [-0.2, -0.15) is 0 Å². The van der Waals surface area contributed by atoms with E-state index in [4.69, 9.17) is 10.6 Å². The Hall–Kier alpha value is -1.91. The number of pyridine rings is 1. The summed E-state index contributed by atoms with van der Waals surface area (Å²) in [7, 11) is 0. The summed E-state index contributed by atoms with van der Waals surface area (Å²) in [5.41, 5.74) is 5.72. The smallest absolute Gasteiger partial charge is 0.119 e. The van der Waals surface area contributed by atoms with E-state index in [1.165, 1.54) is 0 Å². The number of ether oxygens (including phenoxy) is 1. The molecule has 0 fully saturated rings. The standard InChI is InChI=1S/C15H19N3O/c1-3-19-13-8-5-7-12(10-13)15(18-16)14-9-4-6-11(2)17-14/h4-10,15,18H,3,16H2,1-2H3. The van der Waals surface area contributed by atoms with Crippen molar-refractivity contribution < 1.29 is 4.74 Å². The van der Waals surface area contributed by atoms with E-state index in [-0.39, 0.29) is 6.04 Å². The lowest BCUT2D eigenvalue weighted by atomic mass is 10.0. The van der Waals surface area contributed by atoms with Crippen LogP contribution in [0.1, 0.15) is 29.9 Å². The van der Waals surface area contributed by atoms with Crippen molar-refractivity contribution in [2.45, 2.75) is 19.9 Å². The third kappa shape index (κ3) is 3.30. The van der Waals surface area contributed by atoms with E-state index in [1.54, 1.807) is 0 Å². The fourth-order valence-electron chi connectivity index (χ4n) is 2.03. The van der Waals surface area contributed by atoms with Crippen LogP contribution < -0.4 is 16.0 Å². The van der Waals surface area contributed by atoms with Gasteiger partial charge in [0.25, 0.3) is 0 Å².